The number of carbonyl (C=O) groups is 2. The number of carbonyl (C=O) groups excluding carboxylic acids is 1. The fraction of sp³-hybridized carbons (Fsp3) is 0.867. The molecule has 1 amide bonds. The van der Waals surface area contributed by atoms with E-state index in [1.807, 2.05) is 0 Å². The van der Waals surface area contributed by atoms with Gasteiger partial charge >= 0.3 is 5.97 Å². The van der Waals surface area contributed by atoms with E-state index in [4.69, 9.17) is 5.11 Å². The first-order chi connectivity index (χ1) is 8.90. The van der Waals surface area contributed by atoms with Gasteiger partial charge in [-0.25, -0.2) is 0 Å². The molecule has 0 fully saturated rings. The average Bonchev–Trinajstić information content (AvgIpc) is 2.35. The van der Waals surface area contributed by atoms with E-state index in [0.29, 0.717) is 6.42 Å². The van der Waals surface area contributed by atoms with Crippen molar-refractivity contribution in [2.24, 2.45) is 5.41 Å². The fourth-order valence-electron chi connectivity index (χ4n) is 1.73. The monoisotopic (exact) mass is 271 g/mol. The second-order valence-corrected chi connectivity index (χ2v) is 5.84. The van der Waals surface area contributed by atoms with Crippen LogP contribution >= 0.6 is 0 Å². The Balaban J connectivity index is 3.53. The molecule has 0 saturated carbocycles. The molecule has 4 heteroatoms. The minimum Gasteiger partial charge on any atom is -0.481 e. The van der Waals surface area contributed by atoms with Crippen molar-refractivity contribution in [3.63, 3.8) is 0 Å². The number of amides is 1. The van der Waals surface area contributed by atoms with Gasteiger partial charge in [0.15, 0.2) is 0 Å². The van der Waals surface area contributed by atoms with Gasteiger partial charge in [-0.2, -0.15) is 0 Å². The summed E-state index contributed by atoms with van der Waals surface area (Å²) < 4.78 is 0. The van der Waals surface area contributed by atoms with E-state index in [9.17, 15) is 9.59 Å². The van der Waals surface area contributed by atoms with Gasteiger partial charge in [0, 0.05) is 13.0 Å². The minimum atomic E-state index is -0.893. The molecule has 0 radical (unpaired) electrons. The van der Waals surface area contributed by atoms with Crippen molar-refractivity contribution in [1.29, 1.82) is 0 Å². The van der Waals surface area contributed by atoms with Crippen molar-refractivity contribution >= 4 is 11.9 Å². The van der Waals surface area contributed by atoms with Crippen LogP contribution in [0.2, 0.25) is 0 Å². The lowest BCUT2D eigenvalue weighted by Crippen LogP contribution is -2.38. The van der Waals surface area contributed by atoms with E-state index in [2.05, 4.69) is 12.2 Å². The number of hydrogen-bond donors (Lipinski definition) is 2. The standard InChI is InChI=1S/C15H29NO3/c1-4-5-6-7-8-9-10-11-13(17)16-12-15(2,3)14(18)19/h4-12H2,1-3H3,(H,16,17)(H,18,19). The maximum atomic E-state index is 11.5. The van der Waals surface area contributed by atoms with Gasteiger partial charge in [-0.05, 0) is 20.3 Å². The maximum Gasteiger partial charge on any atom is 0.310 e. The molecule has 0 bridgehead atoms. The molecule has 4 nitrogen and oxygen atoms in total. The van der Waals surface area contributed by atoms with Gasteiger partial charge < -0.3 is 10.4 Å². The maximum absolute atomic E-state index is 11.5. The van der Waals surface area contributed by atoms with Gasteiger partial charge in [0.1, 0.15) is 0 Å². The van der Waals surface area contributed by atoms with Crippen LogP contribution in [0, 0.1) is 5.41 Å². The van der Waals surface area contributed by atoms with Crippen LogP contribution < -0.4 is 5.32 Å². The molecule has 0 unspecified atom stereocenters. The highest BCUT2D eigenvalue weighted by Crippen LogP contribution is 2.13. The number of unbranched alkanes of at least 4 members (excludes halogenated alkanes) is 6. The Labute approximate surface area is 117 Å². The molecule has 19 heavy (non-hydrogen) atoms. The van der Waals surface area contributed by atoms with Crippen molar-refractivity contribution in [3.8, 4) is 0 Å². The Bertz CT molecular complexity index is 275. The number of carboxylic acids is 1. The Hall–Kier alpha value is -1.06. The quantitative estimate of drug-likeness (QED) is 0.566. The molecule has 0 atom stereocenters. The van der Waals surface area contributed by atoms with Crippen molar-refractivity contribution < 1.29 is 14.7 Å². The number of aliphatic carboxylic acids is 1. The molecule has 0 aromatic rings. The summed E-state index contributed by atoms with van der Waals surface area (Å²) in [6.07, 6.45) is 8.76. The van der Waals surface area contributed by atoms with E-state index < -0.39 is 11.4 Å². The topological polar surface area (TPSA) is 66.4 Å². The van der Waals surface area contributed by atoms with Crippen LogP contribution in [0.1, 0.15) is 72.1 Å². The van der Waals surface area contributed by atoms with Crippen LogP contribution in [-0.4, -0.2) is 23.5 Å². The van der Waals surface area contributed by atoms with Crippen molar-refractivity contribution in [3.05, 3.63) is 0 Å². The fourth-order valence-corrected chi connectivity index (χ4v) is 1.73. The van der Waals surface area contributed by atoms with Gasteiger partial charge in [-0.1, -0.05) is 45.4 Å². The third-order valence-corrected chi connectivity index (χ3v) is 3.31. The minimum absolute atomic E-state index is 0.0390. The van der Waals surface area contributed by atoms with Gasteiger partial charge in [0.25, 0.3) is 0 Å². The van der Waals surface area contributed by atoms with Crippen LogP contribution in [0.4, 0.5) is 0 Å². The predicted octanol–water partition coefficient (Wildman–Crippen LogP) is 3.35. The summed E-state index contributed by atoms with van der Waals surface area (Å²) in [6.45, 7) is 5.62. The van der Waals surface area contributed by atoms with E-state index >= 15 is 0 Å². The predicted molar refractivity (Wildman–Crippen MR) is 77.0 cm³/mol. The van der Waals surface area contributed by atoms with Crippen LogP contribution in [0.3, 0.4) is 0 Å². The summed E-state index contributed by atoms with van der Waals surface area (Å²) in [7, 11) is 0. The molecule has 0 rings (SSSR count). The third-order valence-electron chi connectivity index (χ3n) is 3.31. The van der Waals surface area contributed by atoms with Crippen LogP contribution in [0.25, 0.3) is 0 Å². The molecule has 112 valence electrons. The van der Waals surface area contributed by atoms with Crippen molar-refractivity contribution in [2.45, 2.75) is 72.1 Å². The normalized spacial score (nSPS) is 11.3. The Morgan fingerprint density at radius 3 is 2.05 bits per heavy atom. The van der Waals surface area contributed by atoms with Gasteiger partial charge in [0.2, 0.25) is 5.91 Å². The highest BCUT2D eigenvalue weighted by Gasteiger charge is 2.27. The summed E-state index contributed by atoms with van der Waals surface area (Å²) in [5.74, 6) is -0.924. The molecule has 0 aromatic carbocycles. The third kappa shape index (κ3) is 9.51. The molecule has 0 aliphatic carbocycles. The zero-order valence-corrected chi connectivity index (χ0v) is 12.6. The van der Waals surface area contributed by atoms with E-state index in [0.717, 1.165) is 12.8 Å². The first kappa shape index (κ1) is 17.9. The van der Waals surface area contributed by atoms with Crippen molar-refractivity contribution in [2.75, 3.05) is 6.54 Å². The lowest BCUT2D eigenvalue weighted by Gasteiger charge is -2.19. The molecule has 0 aliphatic rings. The lowest BCUT2D eigenvalue weighted by molar-refractivity contribution is -0.146. The Morgan fingerprint density at radius 1 is 1.00 bits per heavy atom. The van der Waals surface area contributed by atoms with Gasteiger partial charge in [0.05, 0.1) is 5.41 Å². The number of hydrogen-bond acceptors (Lipinski definition) is 2. The molecule has 0 saturated heterocycles. The van der Waals surface area contributed by atoms with Crippen molar-refractivity contribution in [1.82, 2.24) is 5.32 Å². The number of nitrogens with one attached hydrogen (secondary N) is 1. The van der Waals surface area contributed by atoms with Crippen LogP contribution in [-0.2, 0) is 9.59 Å². The molecular weight excluding hydrogens is 242 g/mol. The summed E-state index contributed by atoms with van der Waals surface area (Å²) in [6, 6.07) is 0. The number of carboxylic acid groups (broad SMARTS) is 1. The summed E-state index contributed by atoms with van der Waals surface area (Å²) in [5.41, 5.74) is -0.893. The van der Waals surface area contributed by atoms with Crippen LogP contribution in [0.15, 0.2) is 0 Å². The smallest absolute Gasteiger partial charge is 0.310 e. The zero-order chi connectivity index (χ0) is 14.7. The first-order valence-electron chi connectivity index (χ1n) is 7.40. The molecule has 2 N–H and O–H groups in total. The summed E-state index contributed by atoms with van der Waals surface area (Å²) in [4.78, 5) is 22.4. The number of rotatable bonds is 11. The van der Waals surface area contributed by atoms with E-state index in [-0.39, 0.29) is 12.5 Å². The largest absolute Gasteiger partial charge is 0.481 e. The van der Waals surface area contributed by atoms with E-state index in [1.165, 1.54) is 32.1 Å². The second-order valence-electron chi connectivity index (χ2n) is 5.84. The van der Waals surface area contributed by atoms with Gasteiger partial charge in [-0.15, -0.1) is 0 Å². The summed E-state index contributed by atoms with van der Waals surface area (Å²) in [5, 5.41) is 11.6. The first-order valence-corrected chi connectivity index (χ1v) is 7.40. The molecule has 0 heterocycles. The van der Waals surface area contributed by atoms with Gasteiger partial charge in [-0.3, -0.25) is 9.59 Å². The highest BCUT2D eigenvalue weighted by atomic mass is 16.4. The van der Waals surface area contributed by atoms with E-state index in [1.54, 1.807) is 13.8 Å². The van der Waals surface area contributed by atoms with Crippen LogP contribution in [0.5, 0.6) is 0 Å². The molecule has 0 aliphatic heterocycles. The second kappa shape index (κ2) is 9.82. The lowest BCUT2D eigenvalue weighted by atomic mass is 9.94. The Morgan fingerprint density at radius 2 is 1.53 bits per heavy atom. The molecular formula is C15H29NO3. The highest BCUT2D eigenvalue weighted by molar-refractivity contribution is 5.78. The zero-order valence-electron chi connectivity index (χ0n) is 12.6. The SMILES string of the molecule is CCCCCCCCCC(=O)NCC(C)(C)C(=O)O. The molecule has 0 aromatic heterocycles. The molecule has 0 spiro atoms. The Kier molecular flexibility index (Phi) is 9.27. The average molecular weight is 271 g/mol. The summed E-state index contributed by atoms with van der Waals surface area (Å²) >= 11 is 0.